The zero-order valence-electron chi connectivity index (χ0n) is 20.5. The third kappa shape index (κ3) is 6.17. The summed E-state index contributed by atoms with van der Waals surface area (Å²) in [7, 11) is 0. The first-order chi connectivity index (χ1) is 16.6. The smallest absolute Gasteiger partial charge is 0.201 e. The Morgan fingerprint density at radius 3 is 2.24 bits per heavy atom. The van der Waals surface area contributed by atoms with Crippen molar-refractivity contribution in [1.82, 2.24) is 0 Å². The number of ether oxygens (including phenoxy) is 3. The van der Waals surface area contributed by atoms with Gasteiger partial charge in [-0.05, 0) is 67.7 Å². The van der Waals surface area contributed by atoms with Crippen LogP contribution in [-0.4, -0.2) is 26.1 Å². The molecule has 2 atom stereocenters. The summed E-state index contributed by atoms with van der Waals surface area (Å²) in [6, 6.07) is 10.7. The molecule has 1 aliphatic heterocycles. The second-order valence-electron chi connectivity index (χ2n) is 9.84. The lowest BCUT2D eigenvalue weighted by atomic mass is 9.80. The lowest BCUT2D eigenvalue weighted by Crippen LogP contribution is -2.29. The van der Waals surface area contributed by atoms with Crippen LogP contribution in [0.5, 0.6) is 5.75 Å². The van der Waals surface area contributed by atoms with E-state index in [4.69, 9.17) is 14.2 Å². The summed E-state index contributed by atoms with van der Waals surface area (Å²) in [5.74, 6) is 0.0164. The first-order valence-electron chi connectivity index (χ1n) is 13.0. The number of hydrogen-bond acceptors (Lipinski definition) is 3. The van der Waals surface area contributed by atoms with Gasteiger partial charge in [0.1, 0.15) is 0 Å². The van der Waals surface area contributed by atoms with Crippen LogP contribution in [0.3, 0.4) is 0 Å². The van der Waals surface area contributed by atoms with E-state index >= 15 is 0 Å². The molecule has 4 rings (SSSR count). The minimum absolute atomic E-state index is 0.0549. The number of hydrogen-bond donors (Lipinski definition) is 0. The van der Waals surface area contributed by atoms with Crippen molar-refractivity contribution in [3.63, 3.8) is 0 Å². The van der Waals surface area contributed by atoms with Crippen LogP contribution in [0, 0.1) is 23.5 Å². The highest BCUT2D eigenvalue weighted by atomic mass is 19.2. The Morgan fingerprint density at radius 1 is 0.853 bits per heavy atom. The van der Waals surface area contributed by atoms with Crippen molar-refractivity contribution in [2.45, 2.75) is 77.4 Å². The molecule has 0 radical (unpaired) electrons. The Kier molecular flexibility index (Phi) is 8.96. The Bertz CT molecular complexity index is 898. The van der Waals surface area contributed by atoms with Gasteiger partial charge in [-0.15, -0.1) is 0 Å². The molecule has 2 aromatic rings. The normalized spacial score (nSPS) is 25.3. The molecule has 1 saturated carbocycles. The summed E-state index contributed by atoms with van der Waals surface area (Å²) < 4.78 is 46.1. The molecule has 2 aliphatic rings. The Morgan fingerprint density at radius 2 is 1.59 bits per heavy atom. The fourth-order valence-electron chi connectivity index (χ4n) is 5.42. The summed E-state index contributed by atoms with van der Waals surface area (Å²) in [6.07, 6.45) is 9.70. The van der Waals surface area contributed by atoms with Gasteiger partial charge in [0.15, 0.2) is 17.9 Å². The van der Waals surface area contributed by atoms with E-state index in [1.165, 1.54) is 44.6 Å². The lowest BCUT2D eigenvalue weighted by molar-refractivity contribution is -0.175. The van der Waals surface area contributed by atoms with Gasteiger partial charge in [0.2, 0.25) is 5.82 Å². The molecule has 34 heavy (non-hydrogen) atoms. The average Bonchev–Trinajstić information content (AvgIpc) is 2.87. The molecule has 2 unspecified atom stereocenters. The SMILES string of the molecule is CCCC1CCC(COC2CCC(c3ccc(-c4ccc(OCC)c(F)c4F)cc3)CO2)CC1. The van der Waals surface area contributed by atoms with Gasteiger partial charge >= 0.3 is 0 Å². The van der Waals surface area contributed by atoms with Crippen molar-refractivity contribution < 1.29 is 23.0 Å². The van der Waals surface area contributed by atoms with Crippen LogP contribution in [0.15, 0.2) is 36.4 Å². The second kappa shape index (κ2) is 12.1. The molecule has 2 fully saturated rings. The zero-order valence-corrected chi connectivity index (χ0v) is 20.5. The van der Waals surface area contributed by atoms with E-state index in [2.05, 4.69) is 6.92 Å². The number of rotatable bonds is 9. The third-order valence-corrected chi connectivity index (χ3v) is 7.46. The maximum Gasteiger partial charge on any atom is 0.201 e. The molecular formula is C29H38F2O3. The molecule has 2 aromatic carbocycles. The summed E-state index contributed by atoms with van der Waals surface area (Å²) >= 11 is 0. The van der Waals surface area contributed by atoms with Gasteiger partial charge < -0.3 is 14.2 Å². The summed E-state index contributed by atoms with van der Waals surface area (Å²) in [5.41, 5.74) is 2.04. The number of halogens is 2. The molecule has 0 spiro atoms. The standard InChI is InChI=1S/C29H38F2O3/c1-3-5-20-6-8-21(9-7-20)18-33-27-17-14-24(19-34-27)22-10-12-23(13-11-22)25-15-16-26(32-4-2)29(31)28(25)30/h10-13,15-16,20-21,24,27H,3-9,14,17-19H2,1-2H3. The summed E-state index contributed by atoms with van der Waals surface area (Å²) in [4.78, 5) is 0. The predicted octanol–water partition coefficient (Wildman–Crippen LogP) is 7.87. The number of benzene rings is 2. The third-order valence-electron chi connectivity index (χ3n) is 7.46. The molecule has 0 bridgehead atoms. The quantitative estimate of drug-likeness (QED) is 0.372. The fourth-order valence-corrected chi connectivity index (χ4v) is 5.42. The van der Waals surface area contributed by atoms with Gasteiger partial charge in [-0.3, -0.25) is 0 Å². The first-order valence-corrected chi connectivity index (χ1v) is 13.0. The van der Waals surface area contributed by atoms with Gasteiger partial charge in [0.25, 0.3) is 0 Å². The first kappa shape index (κ1) is 25.1. The van der Waals surface area contributed by atoms with E-state index in [1.807, 2.05) is 24.3 Å². The largest absolute Gasteiger partial charge is 0.491 e. The summed E-state index contributed by atoms with van der Waals surface area (Å²) in [6.45, 7) is 5.75. The van der Waals surface area contributed by atoms with Crippen LogP contribution in [0.25, 0.3) is 11.1 Å². The van der Waals surface area contributed by atoms with Gasteiger partial charge in [-0.25, -0.2) is 4.39 Å². The molecule has 186 valence electrons. The molecule has 3 nitrogen and oxygen atoms in total. The van der Waals surface area contributed by atoms with E-state index in [0.29, 0.717) is 30.6 Å². The van der Waals surface area contributed by atoms with Crippen molar-refractivity contribution >= 4 is 0 Å². The van der Waals surface area contributed by atoms with E-state index in [1.54, 1.807) is 13.0 Å². The predicted molar refractivity (Wildman–Crippen MR) is 131 cm³/mol. The van der Waals surface area contributed by atoms with Crippen molar-refractivity contribution in [1.29, 1.82) is 0 Å². The van der Waals surface area contributed by atoms with Crippen LogP contribution >= 0.6 is 0 Å². The van der Waals surface area contributed by atoms with E-state index in [9.17, 15) is 8.78 Å². The maximum absolute atomic E-state index is 14.5. The zero-order chi connectivity index (χ0) is 23.9. The van der Waals surface area contributed by atoms with Crippen LogP contribution in [0.4, 0.5) is 8.78 Å². The van der Waals surface area contributed by atoms with E-state index in [-0.39, 0.29) is 17.6 Å². The lowest BCUT2D eigenvalue weighted by Gasteiger charge is -2.32. The minimum Gasteiger partial charge on any atom is -0.491 e. The van der Waals surface area contributed by atoms with Crippen LogP contribution in [-0.2, 0) is 9.47 Å². The van der Waals surface area contributed by atoms with Crippen molar-refractivity contribution in [3.05, 3.63) is 53.6 Å². The highest BCUT2D eigenvalue weighted by molar-refractivity contribution is 5.65. The fraction of sp³-hybridized carbons (Fsp3) is 0.586. The van der Waals surface area contributed by atoms with Crippen LogP contribution < -0.4 is 4.74 Å². The molecule has 1 heterocycles. The Balaban J connectivity index is 1.26. The minimum atomic E-state index is -0.941. The van der Waals surface area contributed by atoms with Gasteiger partial charge in [-0.1, -0.05) is 56.9 Å². The van der Waals surface area contributed by atoms with Crippen molar-refractivity contribution in [2.24, 2.45) is 11.8 Å². The topological polar surface area (TPSA) is 27.7 Å². The highest BCUT2D eigenvalue weighted by Gasteiger charge is 2.26. The monoisotopic (exact) mass is 472 g/mol. The van der Waals surface area contributed by atoms with E-state index in [0.717, 1.165) is 30.9 Å². The van der Waals surface area contributed by atoms with Crippen molar-refractivity contribution in [2.75, 3.05) is 19.8 Å². The molecule has 5 heteroatoms. The highest BCUT2D eigenvalue weighted by Crippen LogP contribution is 2.35. The van der Waals surface area contributed by atoms with Gasteiger partial charge in [0.05, 0.1) is 19.8 Å². The molecule has 1 saturated heterocycles. The van der Waals surface area contributed by atoms with E-state index < -0.39 is 11.6 Å². The van der Waals surface area contributed by atoms with Crippen LogP contribution in [0.1, 0.15) is 76.7 Å². The molecular weight excluding hydrogens is 434 g/mol. The summed E-state index contributed by atoms with van der Waals surface area (Å²) in [5, 5.41) is 0. The van der Waals surface area contributed by atoms with Crippen molar-refractivity contribution in [3.8, 4) is 16.9 Å². The molecule has 0 aromatic heterocycles. The second-order valence-corrected chi connectivity index (χ2v) is 9.84. The average molecular weight is 473 g/mol. The molecule has 1 aliphatic carbocycles. The molecule has 0 N–H and O–H groups in total. The Hall–Kier alpha value is -1.98. The van der Waals surface area contributed by atoms with Gasteiger partial charge in [-0.2, -0.15) is 4.39 Å². The molecule has 0 amide bonds. The van der Waals surface area contributed by atoms with Crippen LogP contribution in [0.2, 0.25) is 0 Å². The maximum atomic E-state index is 14.5. The van der Waals surface area contributed by atoms with Gasteiger partial charge in [0, 0.05) is 11.5 Å². The Labute approximate surface area is 202 Å².